The molecule has 2 aliphatic rings. The standard InChI is InChI=1S/C23H25F3N2O3/c24-23(25,26)18-5-2-6-19(15-18)27-9-11-28(12-10-27)22(29)17-4-1-7-20(14-17)31-16-21-8-3-13-30-21/h1-2,4-7,14-15,21H,3,8-13,16H2. The Morgan fingerprint density at radius 1 is 1.06 bits per heavy atom. The van der Waals surface area contributed by atoms with Crippen LogP contribution >= 0.6 is 0 Å². The maximum absolute atomic E-state index is 13.0. The Labute approximate surface area is 179 Å². The van der Waals surface area contributed by atoms with Gasteiger partial charge in [-0.2, -0.15) is 13.2 Å². The Morgan fingerprint density at radius 3 is 2.55 bits per heavy atom. The summed E-state index contributed by atoms with van der Waals surface area (Å²) < 4.78 is 50.3. The lowest BCUT2D eigenvalue weighted by molar-refractivity contribution is -0.137. The third-order valence-electron chi connectivity index (χ3n) is 5.65. The summed E-state index contributed by atoms with van der Waals surface area (Å²) >= 11 is 0. The van der Waals surface area contributed by atoms with E-state index in [-0.39, 0.29) is 12.0 Å². The predicted molar refractivity (Wildman–Crippen MR) is 110 cm³/mol. The van der Waals surface area contributed by atoms with E-state index in [0.29, 0.717) is 49.8 Å². The quantitative estimate of drug-likeness (QED) is 0.707. The molecule has 1 unspecified atom stereocenters. The topological polar surface area (TPSA) is 42.0 Å². The van der Waals surface area contributed by atoms with Crippen molar-refractivity contribution < 1.29 is 27.4 Å². The van der Waals surface area contributed by atoms with Crippen molar-refractivity contribution in [2.75, 3.05) is 44.3 Å². The van der Waals surface area contributed by atoms with E-state index in [1.807, 2.05) is 11.0 Å². The average Bonchev–Trinajstić information content (AvgIpc) is 3.31. The van der Waals surface area contributed by atoms with E-state index in [2.05, 4.69) is 0 Å². The average molecular weight is 434 g/mol. The van der Waals surface area contributed by atoms with E-state index in [1.54, 1.807) is 29.2 Å². The molecule has 2 aromatic carbocycles. The highest BCUT2D eigenvalue weighted by molar-refractivity contribution is 5.94. The summed E-state index contributed by atoms with van der Waals surface area (Å²) in [5, 5.41) is 0. The van der Waals surface area contributed by atoms with Crippen LogP contribution in [0.15, 0.2) is 48.5 Å². The van der Waals surface area contributed by atoms with Crippen LogP contribution < -0.4 is 9.64 Å². The monoisotopic (exact) mass is 434 g/mol. The third-order valence-corrected chi connectivity index (χ3v) is 5.65. The largest absolute Gasteiger partial charge is 0.491 e. The highest BCUT2D eigenvalue weighted by Crippen LogP contribution is 2.32. The minimum Gasteiger partial charge on any atom is -0.491 e. The van der Waals surface area contributed by atoms with E-state index >= 15 is 0 Å². The van der Waals surface area contributed by atoms with Gasteiger partial charge in [-0.05, 0) is 49.2 Å². The van der Waals surface area contributed by atoms with Crippen LogP contribution in [0.3, 0.4) is 0 Å². The summed E-state index contributed by atoms with van der Waals surface area (Å²) in [5.41, 5.74) is 0.395. The third kappa shape index (κ3) is 5.31. The molecule has 2 fully saturated rings. The number of hydrogen-bond donors (Lipinski definition) is 0. The fourth-order valence-electron chi connectivity index (χ4n) is 3.91. The van der Waals surface area contributed by atoms with Gasteiger partial charge in [-0.1, -0.05) is 12.1 Å². The molecule has 0 saturated carbocycles. The number of nitrogens with zero attached hydrogens (tertiary/aromatic N) is 2. The summed E-state index contributed by atoms with van der Waals surface area (Å²) in [4.78, 5) is 16.5. The van der Waals surface area contributed by atoms with Crippen molar-refractivity contribution in [3.05, 3.63) is 59.7 Å². The zero-order valence-corrected chi connectivity index (χ0v) is 17.1. The van der Waals surface area contributed by atoms with Crippen molar-refractivity contribution in [1.82, 2.24) is 4.90 Å². The van der Waals surface area contributed by atoms with Crippen molar-refractivity contribution in [1.29, 1.82) is 0 Å². The minimum atomic E-state index is -4.37. The van der Waals surface area contributed by atoms with E-state index in [0.717, 1.165) is 31.6 Å². The van der Waals surface area contributed by atoms with Crippen molar-refractivity contribution in [3.63, 3.8) is 0 Å². The number of rotatable bonds is 5. The summed E-state index contributed by atoms with van der Waals surface area (Å²) in [7, 11) is 0. The van der Waals surface area contributed by atoms with Gasteiger partial charge in [-0.3, -0.25) is 4.79 Å². The van der Waals surface area contributed by atoms with E-state index in [1.165, 1.54) is 6.07 Å². The van der Waals surface area contributed by atoms with Crippen LogP contribution in [0.2, 0.25) is 0 Å². The second-order valence-corrected chi connectivity index (χ2v) is 7.80. The first-order valence-corrected chi connectivity index (χ1v) is 10.5. The van der Waals surface area contributed by atoms with Crippen LogP contribution in [0.4, 0.5) is 18.9 Å². The number of hydrogen-bond acceptors (Lipinski definition) is 4. The zero-order chi connectivity index (χ0) is 21.8. The molecular formula is C23H25F3N2O3. The molecule has 0 aromatic heterocycles. The molecule has 2 saturated heterocycles. The lowest BCUT2D eigenvalue weighted by Crippen LogP contribution is -2.48. The summed E-state index contributed by atoms with van der Waals surface area (Å²) in [6.45, 7) is 3.06. The molecule has 5 nitrogen and oxygen atoms in total. The van der Waals surface area contributed by atoms with Gasteiger partial charge in [0.2, 0.25) is 0 Å². The van der Waals surface area contributed by atoms with Crippen molar-refractivity contribution >= 4 is 11.6 Å². The lowest BCUT2D eigenvalue weighted by atomic mass is 10.1. The van der Waals surface area contributed by atoms with Gasteiger partial charge in [0.25, 0.3) is 5.91 Å². The molecule has 31 heavy (non-hydrogen) atoms. The maximum atomic E-state index is 13.0. The van der Waals surface area contributed by atoms with Crippen molar-refractivity contribution in [2.45, 2.75) is 25.1 Å². The number of anilines is 1. The Bertz CT molecular complexity index is 905. The first-order valence-electron chi connectivity index (χ1n) is 10.5. The summed E-state index contributed by atoms with van der Waals surface area (Å²) in [6, 6.07) is 12.4. The molecule has 8 heteroatoms. The van der Waals surface area contributed by atoms with Crippen molar-refractivity contribution in [2.24, 2.45) is 0 Å². The highest BCUT2D eigenvalue weighted by Gasteiger charge is 2.31. The Balaban J connectivity index is 1.34. The molecule has 0 N–H and O–H groups in total. The Kier molecular flexibility index (Phi) is 6.36. The van der Waals surface area contributed by atoms with E-state index in [9.17, 15) is 18.0 Å². The normalized spacial score (nSPS) is 19.5. The number of amides is 1. The smallest absolute Gasteiger partial charge is 0.416 e. The van der Waals surface area contributed by atoms with Gasteiger partial charge in [0.1, 0.15) is 12.4 Å². The predicted octanol–water partition coefficient (Wildman–Crippen LogP) is 4.23. The van der Waals surface area contributed by atoms with Gasteiger partial charge < -0.3 is 19.3 Å². The molecular weight excluding hydrogens is 409 g/mol. The van der Waals surface area contributed by atoms with Gasteiger partial charge in [0.15, 0.2) is 0 Å². The van der Waals surface area contributed by atoms with Gasteiger partial charge in [-0.25, -0.2) is 0 Å². The Hall–Kier alpha value is -2.74. The molecule has 1 atom stereocenters. The number of carbonyl (C=O) groups excluding carboxylic acids is 1. The number of piperazine rings is 1. The van der Waals surface area contributed by atoms with Crippen molar-refractivity contribution in [3.8, 4) is 5.75 Å². The minimum absolute atomic E-state index is 0.100. The molecule has 0 spiro atoms. The van der Waals surface area contributed by atoms with Gasteiger partial charge >= 0.3 is 6.18 Å². The second kappa shape index (κ2) is 9.18. The van der Waals surface area contributed by atoms with E-state index < -0.39 is 11.7 Å². The molecule has 4 rings (SSSR count). The molecule has 2 heterocycles. The fraction of sp³-hybridized carbons (Fsp3) is 0.435. The first-order chi connectivity index (χ1) is 14.9. The number of ether oxygens (including phenoxy) is 2. The molecule has 0 aliphatic carbocycles. The second-order valence-electron chi connectivity index (χ2n) is 7.80. The van der Waals surface area contributed by atoms with Crippen LogP contribution in [-0.4, -0.2) is 56.3 Å². The number of benzene rings is 2. The summed E-state index contributed by atoms with van der Waals surface area (Å²) in [5.74, 6) is 0.523. The van der Waals surface area contributed by atoms with Gasteiger partial charge in [0, 0.05) is 44.0 Å². The van der Waals surface area contributed by atoms with Crippen LogP contribution in [0.1, 0.15) is 28.8 Å². The first kappa shape index (κ1) is 21.5. The van der Waals surface area contributed by atoms with E-state index in [4.69, 9.17) is 9.47 Å². The van der Waals surface area contributed by atoms with Crippen LogP contribution in [0.5, 0.6) is 5.75 Å². The number of alkyl halides is 3. The molecule has 166 valence electrons. The zero-order valence-electron chi connectivity index (χ0n) is 17.1. The molecule has 0 radical (unpaired) electrons. The van der Waals surface area contributed by atoms with Crippen LogP contribution in [0.25, 0.3) is 0 Å². The van der Waals surface area contributed by atoms with Gasteiger partial charge in [0.05, 0.1) is 11.7 Å². The maximum Gasteiger partial charge on any atom is 0.416 e. The Morgan fingerprint density at radius 2 is 1.84 bits per heavy atom. The highest BCUT2D eigenvalue weighted by atomic mass is 19.4. The molecule has 2 aromatic rings. The van der Waals surface area contributed by atoms with Gasteiger partial charge in [-0.15, -0.1) is 0 Å². The lowest BCUT2D eigenvalue weighted by Gasteiger charge is -2.36. The fourth-order valence-corrected chi connectivity index (χ4v) is 3.91. The molecule has 1 amide bonds. The summed E-state index contributed by atoms with van der Waals surface area (Å²) in [6.07, 6.45) is -2.25. The molecule has 0 bridgehead atoms. The van der Waals surface area contributed by atoms with Crippen LogP contribution in [0, 0.1) is 0 Å². The number of carbonyl (C=O) groups is 1. The number of halogens is 3. The van der Waals surface area contributed by atoms with Crippen LogP contribution in [-0.2, 0) is 10.9 Å². The molecule has 2 aliphatic heterocycles. The SMILES string of the molecule is O=C(c1cccc(OCC2CCCO2)c1)N1CCN(c2cccc(C(F)(F)F)c2)CC1.